The van der Waals surface area contributed by atoms with Crippen molar-refractivity contribution < 1.29 is 40.7 Å². The quantitative estimate of drug-likeness (QED) is 0.250. The first-order chi connectivity index (χ1) is 21.4. The molecule has 8 nitrogen and oxygen atoms in total. The van der Waals surface area contributed by atoms with Gasteiger partial charge < -0.3 is 20.7 Å². The van der Waals surface area contributed by atoms with Crippen molar-refractivity contribution in [3.8, 4) is 0 Å². The largest absolute Gasteiger partial charge is 0.444 e. The SMILES string of the molecule is CC(C)(C)OC(=O)N1CCC(c2ccc(Nc3ncc(C(F)(F)F)c(CCc4cccc(C(F)(F)F)c4CC(N)=O)n3)cc2)CC1. The normalized spacial score (nSPS) is 14.7. The van der Waals surface area contributed by atoms with Gasteiger partial charge in [-0.3, -0.25) is 4.79 Å². The van der Waals surface area contributed by atoms with Gasteiger partial charge in [-0.15, -0.1) is 0 Å². The van der Waals surface area contributed by atoms with Crippen molar-refractivity contribution in [1.29, 1.82) is 0 Å². The molecule has 3 aromatic rings. The molecule has 0 aliphatic carbocycles. The van der Waals surface area contributed by atoms with Gasteiger partial charge in [-0.2, -0.15) is 26.3 Å². The number of aryl methyl sites for hydroxylation is 2. The Morgan fingerprint density at radius 2 is 1.57 bits per heavy atom. The summed E-state index contributed by atoms with van der Waals surface area (Å²) in [5, 5.41) is 2.89. The smallest absolute Gasteiger partial charge is 0.419 e. The fourth-order valence-corrected chi connectivity index (χ4v) is 5.36. The van der Waals surface area contributed by atoms with Crippen LogP contribution in [0.25, 0.3) is 0 Å². The van der Waals surface area contributed by atoms with Crippen molar-refractivity contribution in [2.45, 2.75) is 76.7 Å². The summed E-state index contributed by atoms with van der Waals surface area (Å²) in [6, 6.07) is 10.5. The number of benzene rings is 2. The summed E-state index contributed by atoms with van der Waals surface area (Å²) in [4.78, 5) is 33.5. The molecule has 248 valence electrons. The predicted molar refractivity (Wildman–Crippen MR) is 158 cm³/mol. The van der Waals surface area contributed by atoms with E-state index in [4.69, 9.17) is 10.5 Å². The summed E-state index contributed by atoms with van der Waals surface area (Å²) in [7, 11) is 0. The van der Waals surface area contributed by atoms with Crippen LogP contribution in [-0.2, 0) is 41.1 Å². The maximum atomic E-state index is 13.8. The van der Waals surface area contributed by atoms with Gasteiger partial charge in [0.2, 0.25) is 11.9 Å². The highest BCUT2D eigenvalue weighted by molar-refractivity contribution is 5.77. The van der Waals surface area contributed by atoms with Gasteiger partial charge in [-0.25, -0.2) is 14.8 Å². The fourth-order valence-electron chi connectivity index (χ4n) is 5.36. The number of carbonyl (C=O) groups excluding carboxylic acids is 2. The van der Waals surface area contributed by atoms with Crippen LogP contribution in [0.2, 0.25) is 0 Å². The van der Waals surface area contributed by atoms with Crippen molar-refractivity contribution in [2.24, 2.45) is 5.73 Å². The molecule has 1 aliphatic heterocycles. The molecule has 14 heteroatoms. The first kappa shape index (κ1) is 34.5. The Labute approximate surface area is 262 Å². The van der Waals surface area contributed by atoms with Crippen LogP contribution in [0.3, 0.4) is 0 Å². The van der Waals surface area contributed by atoms with E-state index in [1.165, 1.54) is 6.07 Å². The maximum absolute atomic E-state index is 13.8. The minimum atomic E-state index is -4.81. The van der Waals surface area contributed by atoms with Crippen LogP contribution in [0.15, 0.2) is 48.7 Å². The molecule has 0 spiro atoms. The number of aromatic nitrogens is 2. The molecule has 3 N–H and O–H groups in total. The Balaban J connectivity index is 1.48. The van der Waals surface area contributed by atoms with Crippen LogP contribution in [0.4, 0.5) is 42.8 Å². The second kappa shape index (κ2) is 13.6. The third-order valence-electron chi connectivity index (χ3n) is 7.52. The van der Waals surface area contributed by atoms with Gasteiger partial charge in [0, 0.05) is 25.0 Å². The molecular weight excluding hydrogens is 616 g/mol. The molecule has 2 amide bonds. The van der Waals surface area contributed by atoms with E-state index in [0.29, 0.717) is 25.0 Å². The van der Waals surface area contributed by atoms with Crippen molar-refractivity contribution in [1.82, 2.24) is 14.9 Å². The standard InChI is InChI=1S/C32H35F6N5O3/c1-30(2,3)46-29(45)43-15-13-20(14-16-43)19-7-10-22(11-8-19)41-28-40-18-25(32(36,37)38)26(42-28)12-9-21-5-4-6-24(31(33,34)35)23(21)17-27(39)44/h4-8,10-11,18,20H,9,12-17H2,1-3H3,(H2,39,44)(H,40,41,42). The van der Waals surface area contributed by atoms with Crippen LogP contribution in [0, 0.1) is 0 Å². The Hall–Kier alpha value is -4.36. The molecule has 2 aromatic carbocycles. The summed E-state index contributed by atoms with van der Waals surface area (Å²) >= 11 is 0. The molecule has 4 rings (SSSR count). The number of likely N-dealkylation sites (tertiary alicyclic amines) is 1. The molecule has 0 saturated carbocycles. The lowest BCUT2D eigenvalue weighted by Crippen LogP contribution is -2.41. The topological polar surface area (TPSA) is 110 Å². The number of anilines is 2. The number of hydrogen-bond acceptors (Lipinski definition) is 6. The predicted octanol–water partition coefficient (Wildman–Crippen LogP) is 7.19. The summed E-state index contributed by atoms with van der Waals surface area (Å²) < 4.78 is 87.7. The zero-order chi connectivity index (χ0) is 33.9. The molecule has 1 saturated heterocycles. The Kier molecular flexibility index (Phi) is 10.2. The molecular formula is C32H35F6N5O3. The minimum absolute atomic E-state index is 0.0439. The second-order valence-corrected chi connectivity index (χ2v) is 12.1. The number of carbonyl (C=O) groups is 2. The summed E-state index contributed by atoms with van der Waals surface area (Å²) in [6.07, 6.45) is -9.17. The van der Waals surface area contributed by atoms with Gasteiger partial charge in [0.1, 0.15) is 5.60 Å². The van der Waals surface area contributed by atoms with E-state index in [1.807, 2.05) is 32.9 Å². The van der Waals surface area contributed by atoms with Crippen LogP contribution < -0.4 is 11.1 Å². The summed E-state index contributed by atoms with van der Waals surface area (Å²) in [5.41, 5.74) is 3.22. The fraction of sp³-hybridized carbons (Fsp3) is 0.438. The third kappa shape index (κ3) is 9.10. The average molecular weight is 652 g/mol. The van der Waals surface area contributed by atoms with Gasteiger partial charge in [0.05, 0.1) is 23.2 Å². The van der Waals surface area contributed by atoms with Crippen molar-refractivity contribution in [3.63, 3.8) is 0 Å². The van der Waals surface area contributed by atoms with Crippen LogP contribution in [-0.4, -0.2) is 45.6 Å². The lowest BCUT2D eigenvalue weighted by molar-refractivity contribution is -0.139. The Morgan fingerprint density at radius 3 is 2.13 bits per heavy atom. The van der Waals surface area contributed by atoms with Crippen molar-refractivity contribution in [3.05, 3.63) is 82.2 Å². The Morgan fingerprint density at radius 1 is 0.935 bits per heavy atom. The van der Waals surface area contributed by atoms with E-state index in [0.717, 1.165) is 30.5 Å². The number of alkyl halides is 6. The van der Waals surface area contributed by atoms with E-state index in [9.17, 15) is 35.9 Å². The van der Waals surface area contributed by atoms with Crippen LogP contribution in [0.5, 0.6) is 0 Å². The zero-order valence-electron chi connectivity index (χ0n) is 25.6. The van der Waals surface area contributed by atoms with E-state index in [1.54, 1.807) is 17.0 Å². The molecule has 2 heterocycles. The highest BCUT2D eigenvalue weighted by atomic mass is 19.4. The number of halogens is 6. The van der Waals surface area contributed by atoms with Crippen molar-refractivity contribution in [2.75, 3.05) is 18.4 Å². The molecule has 1 aromatic heterocycles. The molecule has 0 bridgehead atoms. The van der Waals surface area contributed by atoms with E-state index in [2.05, 4.69) is 15.3 Å². The number of primary amides is 1. The molecule has 1 aliphatic rings. The molecule has 0 unspecified atom stereocenters. The average Bonchev–Trinajstić information content (AvgIpc) is 2.95. The highest BCUT2D eigenvalue weighted by Gasteiger charge is 2.36. The monoisotopic (exact) mass is 651 g/mol. The number of nitrogens with one attached hydrogen (secondary N) is 1. The highest BCUT2D eigenvalue weighted by Crippen LogP contribution is 2.36. The lowest BCUT2D eigenvalue weighted by Gasteiger charge is -2.33. The van der Waals surface area contributed by atoms with Gasteiger partial charge in [0.25, 0.3) is 0 Å². The van der Waals surface area contributed by atoms with Crippen LogP contribution in [0.1, 0.15) is 73.0 Å². The Bertz CT molecular complexity index is 1540. The first-order valence-corrected chi connectivity index (χ1v) is 14.6. The number of piperidine rings is 1. The second-order valence-electron chi connectivity index (χ2n) is 12.1. The number of nitrogens with zero attached hydrogens (tertiary/aromatic N) is 3. The summed E-state index contributed by atoms with van der Waals surface area (Å²) in [6.45, 7) is 6.54. The van der Waals surface area contributed by atoms with E-state index in [-0.39, 0.29) is 41.9 Å². The number of ether oxygens (including phenoxy) is 1. The molecule has 46 heavy (non-hydrogen) atoms. The minimum Gasteiger partial charge on any atom is -0.444 e. The number of nitrogens with two attached hydrogens (primary N) is 1. The lowest BCUT2D eigenvalue weighted by atomic mass is 9.89. The van der Waals surface area contributed by atoms with Gasteiger partial charge in [-0.05, 0) is 87.3 Å². The van der Waals surface area contributed by atoms with Crippen molar-refractivity contribution >= 4 is 23.6 Å². The molecule has 0 atom stereocenters. The number of rotatable bonds is 8. The van der Waals surface area contributed by atoms with E-state index >= 15 is 0 Å². The number of hydrogen-bond donors (Lipinski definition) is 2. The number of amides is 2. The first-order valence-electron chi connectivity index (χ1n) is 14.6. The zero-order valence-corrected chi connectivity index (χ0v) is 25.6. The van der Waals surface area contributed by atoms with Crippen LogP contribution >= 0.6 is 0 Å². The van der Waals surface area contributed by atoms with Gasteiger partial charge >= 0.3 is 18.4 Å². The maximum Gasteiger partial charge on any atom is 0.419 e. The molecule has 1 fully saturated rings. The van der Waals surface area contributed by atoms with Gasteiger partial charge in [-0.1, -0.05) is 24.3 Å². The summed E-state index contributed by atoms with van der Waals surface area (Å²) in [5.74, 6) is -0.917. The molecule has 0 radical (unpaired) electrons. The van der Waals surface area contributed by atoms with Gasteiger partial charge in [0.15, 0.2) is 0 Å². The van der Waals surface area contributed by atoms with E-state index < -0.39 is 47.1 Å². The third-order valence-corrected chi connectivity index (χ3v) is 7.52.